The van der Waals surface area contributed by atoms with Crippen LogP contribution in [0.25, 0.3) is 0 Å². The summed E-state index contributed by atoms with van der Waals surface area (Å²) >= 11 is 0. The molecule has 0 fully saturated rings. The zero-order valence-electron chi connectivity index (χ0n) is 10.9. The monoisotopic (exact) mass is 226 g/mol. The molecule has 0 saturated carbocycles. The van der Waals surface area contributed by atoms with Gasteiger partial charge in [0.25, 0.3) is 0 Å². The first-order valence-electron chi connectivity index (χ1n) is 6.97. The molecule has 0 aliphatic rings. The van der Waals surface area contributed by atoms with Crippen molar-refractivity contribution in [2.24, 2.45) is 0 Å². The van der Waals surface area contributed by atoms with Gasteiger partial charge in [-0.1, -0.05) is 45.4 Å². The van der Waals surface area contributed by atoms with Crippen LogP contribution in [-0.2, 0) is 4.79 Å². The van der Waals surface area contributed by atoms with E-state index in [-0.39, 0.29) is 0 Å². The van der Waals surface area contributed by atoms with Crippen molar-refractivity contribution in [3.8, 4) is 0 Å². The summed E-state index contributed by atoms with van der Waals surface area (Å²) in [4.78, 5) is 9.95. The molecule has 0 unspecified atom stereocenters. The van der Waals surface area contributed by atoms with Crippen LogP contribution in [0.5, 0.6) is 0 Å². The molecular formula is C14H28NO. The van der Waals surface area contributed by atoms with Crippen molar-refractivity contribution in [1.82, 2.24) is 5.32 Å². The smallest absolute Gasteiger partial charge is 0.198 e. The SMILES string of the molecule is CCCCCCCCNCCCCC[C]=O. The van der Waals surface area contributed by atoms with E-state index in [4.69, 9.17) is 0 Å². The van der Waals surface area contributed by atoms with Crippen LogP contribution < -0.4 is 5.32 Å². The first-order chi connectivity index (χ1) is 7.91. The second kappa shape index (κ2) is 14.6. The maximum Gasteiger partial charge on any atom is 0.198 e. The summed E-state index contributed by atoms with van der Waals surface area (Å²) in [5.74, 6) is 0. The van der Waals surface area contributed by atoms with Crippen LogP contribution in [0.4, 0.5) is 0 Å². The summed E-state index contributed by atoms with van der Waals surface area (Å²) in [7, 11) is 0. The lowest BCUT2D eigenvalue weighted by atomic mass is 10.1. The molecule has 0 aromatic rings. The number of carbonyl (C=O) groups excluding carboxylic acids is 1. The lowest BCUT2D eigenvalue weighted by molar-refractivity contribution is 0.537. The Labute approximate surface area is 101 Å². The van der Waals surface area contributed by atoms with E-state index in [0.29, 0.717) is 6.42 Å². The van der Waals surface area contributed by atoms with Crippen molar-refractivity contribution in [2.45, 2.75) is 71.1 Å². The highest BCUT2D eigenvalue weighted by molar-refractivity contribution is 5.50. The van der Waals surface area contributed by atoms with Crippen molar-refractivity contribution in [3.05, 3.63) is 0 Å². The van der Waals surface area contributed by atoms with E-state index in [9.17, 15) is 4.79 Å². The van der Waals surface area contributed by atoms with Gasteiger partial charge in [0.15, 0.2) is 6.29 Å². The minimum absolute atomic E-state index is 0.609. The predicted octanol–water partition coefficient (Wildman–Crippen LogP) is 3.61. The van der Waals surface area contributed by atoms with Crippen LogP contribution in [0.2, 0.25) is 0 Å². The first kappa shape index (κ1) is 15.6. The minimum atomic E-state index is 0.609. The van der Waals surface area contributed by atoms with E-state index < -0.39 is 0 Å². The Morgan fingerprint density at radius 3 is 2.00 bits per heavy atom. The molecule has 0 amide bonds. The van der Waals surface area contributed by atoms with Crippen molar-refractivity contribution in [1.29, 1.82) is 0 Å². The molecule has 0 rings (SSSR count). The molecule has 1 N–H and O–H groups in total. The Hall–Kier alpha value is -0.370. The maximum atomic E-state index is 9.95. The van der Waals surface area contributed by atoms with Gasteiger partial charge in [-0.05, 0) is 32.4 Å². The highest BCUT2D eigenvalue weighted by Crippen LogP contribution is 2.04. The van der Waals surface area contributed by atoms with Crippen LogP contribution in [-0.4, -0.2) is 19.4 Å². The van der Waals surface area contributed by atoms with Gasteiger partial charge in [-0.2, -0.15) is 0 Å². The Kier molecular flexibility index (Phi) is 14.3. The van der Waals surface area contributed by atoms with Crippen molar-refractivity contribution < 1.29 is 4.79 Å². The topological polar surface area (TPSA) is 29.1 Å². The van der Waals surface area contributed by atoms with Crippen molar-refractivity contribution in [2.75, 3.05) is 13.1 Å². The third kappa shape index (κ3) is 13.6. The largest absolute Gasteiger partial charge is 0.317 e. The average molecular weight is 226 g/mol. The number of hydrogen-bond donors (Lipinski definition) is 1. The molecule has 0 atom stereocenters. The molecule has 0 aromatic heterocycles. The number of unbranched alkanes of at least 4 members (excludes halogenated alkanes) is 8. The highest BCUT2D eigenvalue weighted by atomic mass is 16.1. The summed E-state index contributed by atoms with van der Waals surface area (Å²) in [6.07, 6.45) is 14.1. The standard InChI is InChI=1S/C14H28NO/c1-2-3-4-5-6-9-12-15-13-10-7-8-11-14-16/h15H,2-13H2,1H3. The first-order valence-corrected chi connectivity index (χ1v) is 6.97. The van der Waals surface area contributed by atoms with Crippen LogP contribution in [0.1, 0.15) is 71.1 Å². The lowest BCUT2D eigenvalue weighted by Gasteiger charge is -2.04. The lowest BCUT2D eigenvalue weighted by Crippen LogP contribution is -2.16. The van der Waals surface area contributed by atoms with Gasteiger partial charge >= 0.3 is 0 Å². The van der Waals surface area contributed by atoms with E-state index in [1.54, 1.807) is 0 Å². The maximum absolute atomic E-state index is 9.95. The summed E-state index contributed by atoms with van der Waals surface area (Å²) in [5, 5.41) is 3.45. The molecule has 2 heteroatoms. The zero-order valence-corrected chi connectivity index (χ0v) is 10.9. The molecular weight excluding hydrogens is 198 g/mol. The fourth-order valence-corrected chi connectivity index (χ4v) is 1.78. The number of nitrogens with one attached hydrogen (secondary N) is 1. The molecule has 0 aromatic carbocycles. The normalized spacial score (nSPS) is 10.6. The Bertz CT molecular complexity index is 137. The van der Waals surface area contributed by atoms with Gasteiger partial charge in [0.05, 0.1) is 0 Å². The van der Waals surface area contributed by atoms with Gasteiger partial charge in [0.1, 0.15) is 0 Å². The summed E-state index contributed by atoms with van der Waals surface area (Å²) < 4.78 is 0. The fraction of sp³-hybridized carbons (Fsp3) is 0.929. The van der Waals surface area contributed by atoms with Crippen LogP contribution in [0.3, 0.4) is 0 Å². The summed E-state index contributed by atoms with van der Waals surface area (Å²) in [5.41, 5.74) is 0. The predicted molar refractivity (Wildman–Crippen MR) is 70.4 cm³/mol. The van der Waals surface area contributed by atoms with Crippen LogP contribution in [0, 0.1) is 0 Å². The summed E-state index contributed by atoms with van der Waals surface area (Å²) in [6, 6.07) is 0. The van der Waals surface area contributed by atoms with Crippen molar-refractivity contribution in [3.63, 3.8) is 0 Å². The molecule has 0 aliphatic heterocycles. The highest BCUT2D eigenvalue weighted by Gasteiger charge is 1.91. The van der Waals surface area contributed by atoms with Gasteiger partial charge in [0, 0.05) is 6.42 Å². The molecule has 0 heterocycles. The summed E-state index contributed by atoms with van der Waals surface area (Å²) in [6.45, 7) is 4.52. The van der Waals surface area contributed by atoms with Gasteiger partial charge in [-0.3, -0.25) is 4.79 Å². The molecule has 0 bridgehead atoms. The minimum Gasteiger partial charge on any atom is -0.317 e. The van der Waals surface area contributed by atoms with Gasteiger partial charge in [-0.15, -0.1) is 0 Å². The number of hydrogen-bond acceptors (Lipinski definition) is 2. The van der Waals surface area contributed by atoms with Crippen molar-refractivity contribution >= 4 is 6.29 Å². The Morgan fingerprint density at radius 2 is 1.38 bits per heavy atom. The molecule has 2 nitrogen and oxygen atoms in total. The molecule has 95 valence electrons. The Morgan fingerprint density at radius 1 is 0.812 bits per heavy atom. The second-order valence-electron chi connectivity index (χ2n) is 4.47. The zero-order chi connectivity index (χ0) is 11.9. The van der Waals surface area contributed by atoms with E-state index in [2.05, 4.69) is 12.2 Å². The Balaban J connectivity index is 2.85. The quantitative estimate of drug-likeness (QED) is 0.486. The molecule has 0 saturated heterocycles. The third-order valence-corrected chi connectivity index (χ3v) is 2.84. The van der Waals surface area contributed by atoms with Gasteiger partial charge < -0.3 is 5.32 Å². The van der Waals surface area contributed by atoms with E-state index in [1.165, 1.54) is 44.9 Å². The van der Waals surface area contributed by atoms with E-state index in [0.717, 1.165) is 25.9 Å². The van der Waals surface area contributed by atoms with Gasteiger partial charge in [-0.25, -0.2) is 0 Å². The molecule has 0 spiro atoms. The second-order valence-corrected chi connectivity index (χ2v) is 4.47. The van der Waals surface area contributed by atoms with Gasteiger partial charge in [0.2, 0.25) is 0 Å². The number of rotatable bonds is 13. The average Bonchev–Trinajstić information content (AvgIpc) is 2.31. The van der Waals surface area contributed by atoms with E-state index >= 15 is 0 Å². The fourth-order valence-electron chi connectivity index (χ4n) is 1.78. The van der Waals surface area contributed by atoms with E-state index in [1.807, 2.05) is 6.29 Å². The van der Waals surface area contributed by atoms with Crippen LogP contribution in [0.15, 0.2) is 0 Å². The molecule has 16 heavy (non-hydrogen) atoms. The third-order valence-electron chi connectivity index (χ3n) is 2.84. The molecule has 1 radical (unpaired) electrons. The molecule has 0 aliphatic carbocycles. The van der Waals surface area contributed by atoms with Crippen LogP contribution >= 0.6 is 0 Å².